The number of hydrogen-bond acceptors (Lipinski definition) is 5. The molecule has 9 heteroatoms. The third-order valence-corrected chi connectivity index (χ3v) is 8.48. The summed E-state index contributed by atoms with van der Waals surface area (Å²) in [6.07, 6.45) is 0. The van der Waals surface area contributed by atoms with Crippen molar-refractivity contribution in [2.45, 2.75) is 18.0 Å². The summed E-state index contributed by atoms with van der Waals surface area (Å²) in [6, 6.07) is 22.2. The highest BCUT2D eigenvalue weighted by atomic mass is 32.2. The lowest BCUT2D eigenvalue weighted by molar-refractivity contribution is -0.132. The van der Waals surface area contributed by atoms with Crippen molar-refractivity contribution in [3.05, 3.63) is 101 Å². The van der Waals surface area contributed by atoms with Gasteiger partial charge in [0.1, 0.15) is 5.82 Å². The number of ether oxygens (including phenoxy) is 1. The molecular formula is C27H27FN2O4S2. The van der Waals surface area contributed by atoms with Gasteiger partial charge < -0.3 is 9.64 Å². The lowest BCUT2D eigenvalue weighted by Crippen LogP contribution is -2.43. The van der Waals surface area contributed by atoms with E-state index in [9.17, 15) is 17.6 Å². The van der Waals surface area contributed by atoms with Crippen LogP contribution in [0.5, 0.6) is 0 Å². The first-order valence-electron chi connectivity index (χ1n) is 11.4. The Labute approximate surface area is 214 Å². The van der Waals surface area contributed by atoms with Gasteiger partial charge in [-0.25, -0.2) is 12.8 Å². The summed E-state index contributed by atoms with van der Waals surface area (Å²) >= 11 is 1.51. The van der Waals surface area contributed by atoms with Crippen molar-refractivity contribution in [3.63, 3.8) is 0 Å². The van der Waals surface area contributed by atoms with Crippen LogP contribution in [0.3, 0.4) is 0 Å². The lowest BCUT2D eigenvalue weighted by Gasteiger charge is -2.27. The lowest BCUT2D eigenvalue weighted by atomic mass is 10.1. The second-order valence-electron chi connectivity index (χ2n) is 8.30. The van der Waals surface area contributed by atoms with Crippen LogP contribution in [0.15, 0.2) is 89.1 Å². The predicted octanol–water partition coefficient (Wildman–Crippen LogP) is 4.91. The van der Waals surface area contributed by atoms with Crippen molar-refractivity contribution in [1.82, 2.24) is 9.21 Å². The molecule has 0 N–H and O–H groups in total. The molecule has 188 valence electrons. The normalized spacial score (nSPS) is 11.8. The molecule has 3 aromatic carbocycles. The van der Waals surface area contributed by atoms with E-state index in [-0.39, 0.29) is 42.9 Å². The van der Waals surface area contributed by atoms with Crippen LogP contribution in [0.1, 0.15) is 10.4 Å². The fourth-order valence-corrected chi connectivity index (χ4v) is 5.97. The summed E-state index contributed by atoms with van der Waals surface area (Å²) in [6.45, 7) is 0.377. The molecule has 1 aromatic heterocycles. The SMILES string of the molecule is COCCN(CC(=O)N(Cc1ccc(F)cc1)Cc1cccs1)S(=O)(=O)c1ccc2ccccc2c1. The third kappa shape index (κ3) is 6.36. The Balaban J connectivity index is 1.61. The predicted molar refractivity (Wildman–Crippen MR) is 140 cm³/mol. The van der Waals surface area contributed by atoms with Crippen molar-refractivity contribution in [2.75, 3.05) is 26.8 Å². The van der Waals surface area contributed by atoms with Crippen LogP contribution in [0, 0.1) is 5.82 Å². The summed E-state index contributed by atoms with van der Waals surface area (Å²) in [5.41, 5.74) is 0.752. The van der Waals surface area contributed by atoms with Crippen molar-refractivity contribution >= 4 is 38.0 Å². The minimum absolute atomic E-state index is 0.0286. The van der Waals surface area contributed by atoms with Gasteiger partial charge in [-0.1, -0.05) is 48.5 Å². The Morgan fingerprint density at radius 2 is 1.69 bits per heavy atom. The van der Waals surface area contributed by atoms with Gasteiger partial charge in [-0.2, -0.15) is 4.31 Å². The second kappa shape index (κ2) is 11.7. The molecule has 0 saturated carbocycles. The zero-order chi connectivity index (χ0) is 25.5. The molecule has 1 heterocycles. The Morgan fingerprint density at radius 3 is 2.39 bits per heavy atom. The zero-order valence-corrected chi connectivity index (χ0v) is 21.5. The second-order valence-corrected chi connectivity index (χ2v) is 11.3. The number of methoxy groups -OCH3 is 1. The Bertz CT molecular complexity index is 1410. The minimum Gasteiger partial charge on any atom is -0.383 e. The number of nitrogens with zero attached hydrogens (tertiary/aromatic N) is 2. The summed E-state index contributed by atoms with van der Waals surface area (Å²) in [7, 11) is -2.49. The van der Waals surface area contributed by atoms with E-state index in [1.807, 2.05) is 41.8 Å². The number of rotatable bonds is 11. The molecule has 0 aliphatic heterocycles. The molecule has 0 aliphatic rings. The number of sulfonamides is 1. The number of hydrogen-bond donors (Lipinski definition) is 0. The fraction of sp³-hybridized carbons (Fsp3) is 0.222. The van der Waals surface area contributed by atoms with E-state index in [4.69, 9.17) is 4.74 Å². The largest absolute Gasteiger partial charge is 0.383 e. The van der Waals surface area contributed by atoms with E-state index in [2.05, 4.69) is 0 Å². The maximum absolute atomic E-state index is 13.6. The van der Waals surface area contributed by atoms with E-state index >= 15 is 0 Å². The highest BCUT2D eigenvalue weighted by molar-refractivity contribution is 7.89. The van der Waals surface area contributed by atoms with E-state index in [1.54, 1.807) is 35.2 Å². The number of carbonyl (C=O) groups is 1. The third-order valence-electron chi connectivity index (χ3n) is 5.78. The fourth-order valence-electron chi connectivity index (χ4n) is 3.84. The van der Waals surface area contributed by atoms with E-state index < -0.39 is 10.0 Å². The van der Waals surface area contributed by atoms with Crippen LogP contribution in [-0.4, -0.2) is 50.3 Å². The molecule has 0 saturated heterocycles. The van der Waals surface area contributed by atoms with E-state index in [0.717, 1.165) is 25.5 Å². The molecule has 36 heavy (non-hydrogen) atoms. The van der Waals surface area contributed by atoms with Gasteiger partial charge in [0.2, 0.25) is 15.9 Å². The molecule has 0 fully saturated rings. The van der Waals surface area contributed by atoms with Gasteiger partial charge >= 0.3 is 0 Å². The summed E-state index contributed by atoms with van der Waals surface area (Å²) in [5.74, 6) is -0.713. The van der Waals surface area contributed by atoms with Crippen molar-refractivity contribution < 1.29 is 22.3 Å². The van der Waals surface area contributed by atoms with Crippen LogP contribution >= 0.6 is 11.3 Å². The van der Waals surface area contributed by atoms with E-state index in [0.29, 0.717) is 6.54 Å². The highest BCUT2D eigenvalue weighted by Gasteiger charge is 2.29. The van der Waals surface area contributed by atoms with Gasteiger partial charge in [0.25, 0.3) is 0 Å². The maximum Gasteiger partial charge on any atom is 0.243 e. The molecule has 4 aromatic rings. The standard InChI is InChI=1S/C27H27FN2O4S2/c1-34-15-14-30(36(32,33)26-13-10-22-5-2-3-6-23(22)17-26)20-27(31)29(19-25-7-4-16-35-25)18-21-8-11-24(28)12-9-21/h2-13,16-17H,14-15,18-20H2,1H3. The number of amides is 1. The summed E-state index contributed by atoms with van der Waals surface area (Å²) in [5, 5.41) is 3.65. The number of carbonyl (C=O) groups excluding carboxylic acids is 1. The van der Waals surface area contributed by atoms with Crippen LogP contribution in [-0.2, 0) is 32.6 Å². The molecule has 0 radical (unpaired) electrons. The molecule has 0 aliphatic carbocycles. The number of halogens is 1. The summed E-state index contributed by atoms with van der Waals surface area (Å²) in [4.78, 5) is 16.2. The maximum atomic E-state index is 13.6. The number of thiophene rings is 1. The van der Waals surface area contributed by atoms with Gasteiger partial charge in [0.05, 0.1) is 24.6 Å². The van der Waals surface area contributed by atoms with Crippen molar-refractivity contribution in [3.8, 4) is 0 Å². The molecule has 0 spiro atoms. The van der Waals surface area contributed by atoms with Crippen LogP contribution in [0.4, 0.5) is 4.39 Å². The smallest absolute Gasteiger partial charge is 0.243 e. The van der Waals surface area contributed by atoms with Gasteiger partial charge in [0.15, 0.2) is 0 Å². The topological polar surface area (TPSA) is 66.9 Å². The minimum atomic E-state index is -3.98. The average Bonchev–Trinajstić information content (AvgIpc) is 3.40. The van der Waals surface area contributed by atoms with Crippen molar-refractivity contribution in [2.24, 2.45) is 0 Å². The zero-order valence-electron chi connectivity index (χ0n) is 19.8. The van der Waals surface area contributed by atoms with Crippen molar-refractivity contribution in [1.29, 1.82) is 0 Å². The Kier molecular flexibility index (Phi) is 8.48. The van der Waals surface area contributed by atoms with Gasteiger partial charge in [-0.15, -0.1) is 11.3 Å². The van der Waals surface area contributed by atoms with Gasteiger partial charge in [-0.3, -0.25) is 4.79 Å². The van der Waals surface area contributed by atoms with Crippen LogP contribution in [0.2, 0.25) is 0 Å². The Morgan fingerprint density at radius 1 is 0.944 bits per heavy atom. The first-order chi connectivity index (χ1) is 17.4. The molecule has 0 bridgehead atoms. The first kappa shape index (κ1) is 26.0. The number of fused-ring (bicyclic) bond motifs is 1. The molecule has 0 atom stereocenters. The monoisotopic (exact) mass is 526 g/mol. The average molecular weight is 527 g/mol. The van der Waals surface area contributed by atoms with E-state index in [1.165, 1.54) is 30.6 Å². The molecule has 4 rings (SSSR count). The summed E-state index contributed by atoms with van der Waals surface area (Å²) < 4.78 is 46.9. The Hall–Kier alpha value is -3.11. The molecule has 6 nitrogen and oxygen atoms in total. The molecular weight excluding hydrogens is 499 g/mol. The quantitative estimate of drug-likeness (QED) is 0.279. The van der Waals surface area contributed by atoms with Gasteiger partial charge in [0, 0.05) is 25.1 Å². The van der Waals surface area contributed by atoms with Crippen LogP contribution < -0.4 is 0 Å². The van der Waals surface area contributed by atoms with Gasteiger partial charge in [-0.05, 0) is 52.0 Å². The highest BCUT2D eigenvalue weighted by Crippen LogP contribution is 2.23. The molecule has 0 unspecified atom stereocenters. The van der Waals surface area contributed by atoms with Crippen LogP contribution in [0.25, 0.3) is 10.8 Å². The molecule has 1 amide bonds. The number of benzene rings is 3. The first-order valence-corrected chi connectivity index (χ1v) is 13.7.